The van der Waals surface area contributed by atoms with E-state index in [1.807, 2.05) is 11.2 Å². The molecule has 0 aromatic heterocycles. The Hall–Kier alpha value is -5.67. The molecule has 0 aliphatic carbocycles. The van der Waals surface area contributed by atoms with Crippen LogP contribution in [0.1, 0.15) is 50.1 Å². The second-order valence-corrected chi connectivity index (χ2v) is 12.7. The normalized spacial score (nSPS) is 11.4. The molecule has 3 heteroatoms. The van der Waals surface area contributed by atoms with Gasteiger partial charge in [-0.2, -0.15) is 5.10 Å². The van der Waals surface area contributed by atoms with Crippen LogP contribution in [0.15, 0.2) is 139 Å². The molecule has 238 valence electrons. The summed E-state index contributed by atoms with van der Waals surface area (Å²) >= 11 is 0. The van der Waals surface area contributed by atoms with Crippen LogP contribution >= 0.6 is 0 Å². The summed E-state index contributed by atoms with van der Waals surface area (Å²) in [4.78, 5) is 2.32. The van der Waals surface area contributed by atoms with Gasteiger partial charge in [0.2, 0.25) is 0 Å². The van der Waals surface area contributed by atoms with Crippen LogP contribution in [-0.2, 0) is 0 Å². The van der Waals surface area contributed by atoms with Crippen molar-refractivity contribution >= 4 is 46.8 Å². The van der Waals surface area contributed by atoms with Gasteiger partial charge in [0.25, 0.3) is 0 Å². The molecule has 0 saturated heterocycles. The first-order chi connectivity index (χ1) is 23.2. The molecule has 0 bridgehead atoms. The van der Waals surface area contributed by atoms with Crippen LogP contribution in [0.5, 0.6) is 0 Å². The van der Waals surface area contributed by atoms with Gasteiger partial charge in [-0.25, -0.2) is 5.01 Å². The molecule has 6 aromatic rings. The molecule has 6 rings (SSSR count). The van der Waals surface area contributed by atoms with Crippen molar-refractivity contribution in [3.63, 3.8) is 0 Å². The summed E-state index contributed by atoms with van der Waals surface area (Å²) in [6, 6.07) is 47.6. The lowest BCUT2D eigenvalue weighted by Crippen LogP contribution is -2.10. The first-order valence-electron chi connectivity index (χ1n) is 16.5. The van der Waals surface area contributed by atoms with E-state index in [1.54, 1.807) is 0 Å². The zero-order chi connectivity index (χ0) is 33.6. The molecule has 0 atom stereocenters. The van der Waals surface area contributed by atoms with Crippen LogP contribution in [0.2, 0.25) is 0 Å². The van der Waals surface area contributed by atoms with Gasteiger partial charge in [-0.15, -0.1) is 0 Å². The Bertz CT molecular complexity index is 1960. The highest BCUT2D eigenvalue weighted by Crippen LogP contribution is 2.36. The predicted molar refractivity (Wildman–Crippen MR) is 208 cm³/mol. The molecule has 0 saturated carbocycles. The Labute approximate surface area is 286 Å². The van der Waals surface area contributed by atoms with E-state index in [1.165, 1.54) is 44.5 Å². The smallest absolute Gasteiger partial charge is 0.0652 e. The zero-order valence-corrected chi connectivity index (χ0v) is 28.8. The van der Waals surface area contributed by atoms with E-state index in [0.717, 1.165) is 34.0 Å². The molecular weight excluding hydrogens is 583 g/mol. The van der Waals surface area contributed by atoms with Crippen LogP contribution in [-0.4, -0.2) is 6.21 Å². The van der Waals surface area contributed by atoms with Crippen molar-refractivity contribution in [3.8, 4) is 0 Å². The fraction of sp³-hybridized carbons (Fsp3) is 0.133. The number of hydrogen-bond acceptors (Lipinski definition) is 3. The van der Waals surface area contributed by atoms with Gasteiger partial charge >= 0.3 is 0 Å². The fourth-order valence-corrected chi connectivity index (χ4v) is 5.75. The maximum Gasteiger partial charge on any atom is 0.0652 e. The summed E-state index contributed by atoms with van der Waals surface area (Å²) in [5.74, 6) is 0. The lowest BCUT2D eigenvalue weighted by molar-refractivity contribution is 1.09. The van der Waals surface area contributed by atoms with Gasteiger partial charge in [0, 0.05) is 17.1 Å². The summed E-state index contributed by atoms with van der Waals surface area (Å²) in [6.45, 7) is 12.8. The average molecular weight is 626 g/mol. The zero-order valence-electron chi connectivity index (χ0n) is 28.8. The summed E-state index contributed by atoms with van der Waals surface area (Å²) in [5.41, 5.74) is 16.3. The van der Waals surface area contributed by atoms with Gasteiger partial charge in [-0.3, -0.25) is 0 Å². The van der Waals surface area contributed by atoms with E-state index >= 15 is 0 Å². The molecule has 0 aliphatic heterocycles. The number of benzene rings is 6. The van der Waals surface area contributed by atoms with Crippen molar-refractivity contribution in [2.45, 2.75) is 41.5 Å². The highest BCUT2D eigenvalue weighted by molar-refractivity contribution is 5.84. The second kappa shape index (κ2) is 14.4. The monoisotopic (exact) mass is 625 g/mol. The third-order valence-corrected chi connectivity index (χ3v) is 8.71. The highest BCUT2D eigenvalue weighted by atomic mass is 15.5. The van der Waals surface area contributed by atoms with E-state index in [-0.39, 0.29) is 0 Å². The first kappa shape index (κ1) is 32.3. The Kier molecular flexibility index (Phi) is 9.68. The van der Waals surface area contributed by atoms with Crippen LogP contribution in [0.25, 0.3) is 12.2 Å². The Balaban J connectivity index is 1.23. The first-order valence-corrected chi connectivity index (χ1v) is 16.5. The van der Waals surface area contributed by atoms with E-state index < -0.39 is 0 Å². The topological polar surface area (TPSA) is 18.8 Å². The summed E-state index contributed by atoms with van der Waals surface area (Å²) in [7, 11) is 0. The number of hydrogen-bond donors (Lipinski definition) is 0. The van der Waals surface area contributed by atoms with Crippen molar-refractivity contribution in [2.75, 3.05) is 9.91 Å². The van der Waals surface area contributed by atoms with Crippen molar-refractivity contribution in [2.24, 2.45) is 5.10 Å². The quantitative estimate of drug-likeness (QED) is 0.0904. The van der Waals surface area contributed by atoms with E-state index in [0.29, 0.717) is 0 Å². The summed E-state index contributed by atoms with van der Waals surface area (Å²) in [5, 5.41) is 6.92. The molecule has 0 unspecified atom stereocenters. The molecule has 0 aliphatic rings. The minimum Gasteiger partial charge on any atom is -0.310 e. The lowest BCUT2D eigenvalue weighted by Gasteiger charge is -2.26. The second-order valence-electron chi connectivity index (χ2n) is 12.7. The van der Waals surface area contributed by atoms with Gasteiger partial charge in [0.1, 0.15) is 0 Å². The molecule has 48 heavy (non-hydrogen) atoms. The Morgan fingerprint density at radius 2 is 0.771 bits per heavy atom. The van der Waals surface area contributed by atoms with Gasteiger partial charge in [-0.05, 0) is 136 Å². The van der Waals surface area contributed by atoms with E-state index in [4.69, 9.17) is 5.10 Å². The van der Waals surface area contributed by atoms with Gasteiger partial charge < -0.3 is 4.90 Å². The van der Waals surface area contributed by atoms with Crippen molar-refractivity contribution in [1.82, 2.24) is 0 Å². The van der Waals surface area contributed by atoms with E-state index in [2.05, 4.69) is 192 Å². The molecule has 3 nitrogen and oxygen atoms in total. The average Bonchev–Trinajstić information content (AvgIpc) is 3.08. The molecule has 0 heterocycles. The molecule has 6 aromatic carbocycles. The van der Waals surface area contributed by atoms with Gasteiger partial charge in [-0.1, -0.05) is 101 Å². The molecule has 0 spiro atoms. The predicted octanol–water partition coefficient (Wildman–Crippen LogP) is 12.3. The van der Waals surface area contributed by atoms with Crippen LogP contribution in [0.3, 0.4) is 0 Å². The molecule has 0 radical (unpaired) electrons. The van der Waals surface area contributed by atoms with Gasteiger partial charge in [0.05, 0.1) is 17.6 Å². The minimum atomic E-state index is 1.03. The Morgan fingerprint density at radius 1 is 0.396 bits per heavy atom. The number of rotatable bonds is 9. The third kappa shape index (κ3) is 7.65. The van der Waals surface area contributed by atoms with Crippen LogP contribution in [0.4, 0.5) is 28.4 Å². The molecule has 0 fully saturated rings. The lowest BCUT2D eigenvalue weighted by atomic mass is 10.0. The molecule has 0 N–H and O–H groups in total. The maximum atomic E-state index is 4.93. The summed E-state index contributed by atoms with van der Waals surface area (Å²) in [6.07, 6.45) is 6.37. The number of nitrogens with zero attached hydrogens (tertiary/aromatic N) is 3. The molecular formula is C45H43N3. The SMILES string of the molecule is Cc1ccc(N(/N=C/c2ccc(/C=C/c3ccc(N(c4ccc(C)cc4)c4ccc(C)cc4)cc3C)c(C)c2)c2ccc(C)cc2)cc1. The summed E-state index contributed by atoms with van der Waals surface area (Å²) < 4.78 is 0. The third-order valence-electron chi connectivity index (χ3n) is 8.71. The number of hydrazone groups is 1. The maximum absolute atomic E-state index is 4.93. The van der Waals surface area contributed by atoms with Gasteiger partial charge in [0.15, 0.2) is 0 Å². The number of aryl methyl sites for hydroxylation is 6. The highest BCUT2D eigenvalue weighted by Gasteiger charge is 2.13. The molecule has 0 amide bonds. The van der Waals surface area contributed by atoms with Crippen molar-refractivity contribution in [3.05, 3.63) is 184 Å². The largest absolute Gasteiger partial charge is 0.310 e. The van der Waals surface area contributed by atoms with Crippen LogP contribution < -0.4 is 9.91 Å². The fourth-order valence-electron chi connectivity index (χ4n) is 5.75. The van der Waals surface area contributed by atoms with Crippen molar-refractivity contribution < 1.29 is 0 Å². The standard InChI is InChI=1S/C45H43N3/c1-32-7-20-41(21-8-32)47(42-22-9-33(2)10-23-42)45-28-19-40(37(6)30-45)18-17-39-16-15-38(29-36(39)5)31-46-48(43-24-11-34(3)12-25-43)44-26-13-35(4)14-27-44/h7-31H,1-6H3/b18-17+,46-31+. The Morgan fingerprint density at radius 3 is 1.19 bits per heavy atom. The van der Waals surface area contributed by atoms with E-state index in [9.17, 15) is 0 Å². The number of anilines is 5. The van der Waals surface area contributed by atoms with Crippen LogP contribution in [0, 0.1) is 41.5 Å². The van der Waals surface area contributed by atoms with Crippen molar-refractivity contribution in [1.29, 1.82) is 0 Å². The minimum absolute atomic E-state index is 1.03.